The van der Waals surface area contributed by atoms with Gasteiger partial charge in [-0.25, -0.2) is 9.37 Å². The molecule has 1 N–H and O–H groups in total. The topological polar surface area (TPSA) is 53.7 Å². The number of nitrogens with zero attached hydrogens (tertiary/aromatic N) is 3. The summed E-state index contributed by atoms with van der Waals surface area (Å²) in [4.78, 5) is 11.8. The van der Waals surface area contributed by atoms with Crippen molar-refractivity contribution in [2.24, 2.45) is 16.8 Å². The molecule has 2 aliphatic rings. The van der Waals surface area contributed by atoms with Gasteiger partial charge in [-0.1, -0.05) is 12.8 Å². The van der Waals surface area contributed by atoms with Crippen LogP contribution in [0.15, 0.2) is 39.9 Å². The smallest absolute Gasteiger partial charge is 0.226 e. The molecule has 4 rings (SSSR count). The van der Waals surface area contributed by atoms with Crippen LogP contribution in [0.25, 0.3) is 11.5 Å². The van der Waals surface area contributed by atoms with Crippen molar-refractivity contribution in [3.63, 3.8) is 0 Å². The molecule has 0 amide bonds. The van der Waals surface area contributed by atoms with Crippen molar-refractivity contribution in [3.05, 3.63) is 42.0 Å². The summed E-state index contributed by atoms with van der Waals surface area (Å²) in [5.41, 5.74) is 1.65. The molecule has 1 aromatic heterocycles. The normalized spacial score (nSPS) is 22.4. The summed E-state index contributed by atoms with van der Waals surface area (Å²) >= 11 is 0. The zero-order valence-corrected chi connectivity index (χ0v) is 16.5. The number of aliphatic imine (C=N–C) groups is 1. The average Bonchev–Trinajstić information content (AvgIpc) is 3.35. The lowest BCUT2D eigenvalue weighted by atomic mass is 9.82. The molecule has 1 saturated heterocycles. The first kappa shape index (κ1) is 19.0. The van der Waals surface area contributed by atoms with Gasteiger partial charge in [-0.2, -0.15) is 0 Å². The average molecular weight is 384 g/mol. The number of hydrogen-bond donors (Lipinski definition) is 1. The van der Waals surface area contributed by atoms with E-state index < -0.39 is 0 Å². The zero-order chi connectivity index (χ0) is 19.3. The minimum atomic E-state index is -0.262. The van der Waals surface area contributed by atoms with Gasteiger partial charge in [-0.3, -0.25) is 4.99 Å². The van der Waals surface area contributed by atoms with E-state index in [9.17, 15) is 4.39 Å². The van der Waals surface area contributed by atoms with Gasteiger partial charge in [0.2, 0.25) is 5.89 Å². The molecular formula is C22H29FN4O. The first-order valence-corrected chi connectivity index (χ1v) is 10.5. The van der Waals surface area contributed by atoms with E-state index in [4.69, 9.17) is 9.41 Å². The van der Waals surface area contributed by atoms with Crippen LogP contribution in [0.2, 0.25) is 0 Å². The standard InChI is InChI=1S/C22H29FN4O/c1-2-24-22(27-13-17-5-3-4-6-18(17)14-27)25-12-11-20-15-28-21(26-20)16-7-9-19(23)10-8-16/h7-10,15,17-18H,2-6,11-14H2,1H3,(H,24,25). The van der Waals surface area contributed by atoms with Crippen LogP contribution in [0.3, 0.4) is 0 Å². The van der Waals surface area contributed by atoms with E-state index in [0.717, 1.165) is 55.1 Å². The monoisotopic (exact) mass is 384 g/mol. The molecule has 1 aromatic carbocycles. The second-order valence-electron chi connectivity index (χ2n) is 7.85. The number of aromatic nitrogens is 1. The van der Waals surface area contributed by atoms with Crippen molar-refractivity contribution in [2.75, 3.05) is 26.2 Å². The van der Waals surface area contributed by atoms with Gasteiger partial charge in [0.15, 0.2) is 5.96 Å². The van der Waals surface area contributed by atoms with E-state index in [0.29, 0.717) is 12.4 Å². The predicted octanol–water partition coefficient (Wildman–Crippen LogP) is 4.11. The third kappa shape index (κ3) is 4.37. The van der Waals surface area contributed by atoms with Crippen molar-refractivity contribution in [2.45, 2.75) is 39.0 Å². The number of hydrogen-bond acceptors (Lipinski definition) is 3. The SMILES string of the molecule is CCNC(=NCCc1coc(-c2ccc(F)cc2)n1)N1CC2CCCCC2C1. The molecule has 5 nitrogen and oxygen atoms in total. The number of likely N-dealkylation sites (tertiary alicyclic amines) is 1. The Hall–Kier alpha value is -2.37. The number of benzene rings is 1. The number of guanidine groups is 1. The second kappa shape index (κ2) is 8.76. The van der Waals surface area contributed by atoms with E-state index in [2.05, 4.69) is 22.1 Å². The van der Waals surface area contributed by atoms with Crippen LogP contribution in [0, 0.1) is 17.7 Å². The molecule has 0 radical (unpaired) electrons. The summed E-state index contributed by atoms with van der Waals surface area (Å²) in [5, 5.41) is 3.45. The van der Waals surface area contributed by atoms with E-state index in [1.54, 1.807) is 18.4 Å². The molecule has 1 saturated carbocycles. The van der Waals surface area contributed by atoms with Crippen molar-refractivity contribution in [1.29, 1.82) is 0 Å². The van der Waals surface area contributed by atoms with Gasteiger partial charge >= 0.3 is 0 Å². The third-order valence-electron chi connectivity index (χ3n) is 5.88. The first-order valence-electron chi connectivity index (χ1n) is 10.5. The first-order chi connectivity index (χ1) is 13.7. The maximum atomic E-state index is 13.1. The Kier molecular flexibility index (Phi) is 5.93. The second-order valence-corrected chi connectivity index (χ2v) is 7.85. The van der Waals surface area contributed by atoms with E-state index in [1.807, 2.05) is 0 Å². The molecule has 0 spiro atoms. The van der Waals surface area contributed by atoms with Gasteiger partial charge < -0.3 is 14.6 Å². The molecule has 1 aliphatic carbocycles. The quantitative estimate of drug-likeness (QED) is 0.623. The predicted molar refractivity (Wildman–Crippen MR) is 109 cm³/mol. The minimum absolute atomic E-state index is 0.262. The lowest BCUT2D eigenvalue weighted by Gasteiger charge is -2.22. The number of rotatable bonds is 5. The van der Waals surface area contributed by atoms with E-state index in [-0.39, 0.29) is 5.82 Å². The van der Waals surface area contributed by atoms with Crippen molar-refractivity contribution < 1.29 is 8.81 Å². The highest BCUT2D eigenvalue weighted by Crippen LogP contribution is 2.35. The highest BCUT2D eigenvalue weighted by atomic mass is 19.1. The highest BCUT2D eigenvalue weighted by molar-refractivity contribution is 5.80. The van der Waals surface area contributed by atoms with Gasteiger partial charge in [0.25, 0.3) is 0 Å². The Bertz CT molecular complexity index is 787. The van der Waals surface area contributed by atoms with Crippen LogP contribution in [-0.4, -0.2) is 42.0 Å². The Morgan fingerprint density at radius 1 is 1.21 bits per heavy atom. The maximum Gasteiger partial charge on any atom is 0.226 e. The summed E-state index contributed by atoms with van der Waals surface area (Å²) < 4.78 is 18.6. The molecule has 1 aliphatic heterocycles. The Morgan fingerprint density at radius 2 is 1.93 bits per heavy atom. The Balaban J connectivity index is 1.36. The highest BCUT2D eigenvalue weighted by Gasteiger charge is 2.35. The van der Waals surface area contributed by atoms with Gasteiger partial charge in [-0.15, -0.1) is 0 Å². The summed E-state index contributed by atoms with van der Waals surface area (Å²) in [6, 6.07) is 6.19. The molecule has 2 unspecified atom stereocenters. The summed E-state index contributed by atoms with van der Waals surface area (Å²) in [6.45, 7) is 5.93. The zero-order valence-electron chi connectivity index (χ0n) is 16.5. The van der Waals surface area contributed by atoms with Gasteiger partial charge in [0.05, 0.1) is 5.69 Å². The number of fused-ring (bicyclic) bond motifs is 1. The van der Waals surface area contributed by atoms with Crippen molar-refractivity contribution >= 4 is 5.96 Å². The van der Waals surface area contributed by atoms with Crippen LogP contribution in [-0.2, 0) is 6.42 Å². The fourth-order valence-electron chi connectivity index (χ4n) is 4.43. The van der Waals surface area contributed by atoms with Gasteiger partial charge in [0.1, 0.15) is 12.1 Å². The number of nitrogens with one attached hydrogen (secondary N) is 1. The number of oxazole rings is 1. The van der Waals surface area contributed by atoms with Crippen molar-refractivity contribution in [3.8, 4) is 11.5 Å². The number of halogens is 1. The molecule has 2 heterocycles. The minimum Gasteiger partial charge on any atom is -0.444 e. The lowest BCUT2D eigenvalue weighted by Crippen LogP contribution is -2.40. The van der Waals surface area contributed by atoms with E-state index >= 15 is 0 Å². The molecule has 150 valence electrons. The molecular weight excluding hydrogens is 355 g/mol. The molecule has 2 fully saturated rings. The van der Waals surface area contributed by atoms with Crippen LogP contribution < -0.4 is 5.32 Å². The van der Waals surface area contributed by atoms with Crippen LogP contribution in [0.4, 0.5) is 4.39 Å². The lowest BCUT2D eigenvalue weighted by molar-refractivity contribution is 0.299. The fraction of sp³-hybridized carbons (Fsp3) is 0.545. The van der Waals surface area contributed by atoms with Crippen LogP contribution >= 0.6 is 0 Å². The van der Waals surface area contributed by atoms with Gasteiger partial charge in [0, 0.05) is 38.2 Å². The third-order valence-corrected chi connectivity index (χ3v) is 5.88. The molecule has 0 bridgehead atoms. The van der Waals surface area contributed by atoms with Crippen LogP contribution in [0.1, 0.15) is 38.3 Å². The fourth-order valence-corrected chi connectivity index (χ4v) is 4.43. The molecule has 2 atom stereocenters. The summed E-state index contributed by atoms with van der Waals surface area (Å²) in [7, 11) is 0. The molecule has 6 heteroatoms. The summed E-state index contributed by atoms with van der Waals surface area (Å²) in [5.74, 6) is 2.97. The maximum absolute atomic E-state index is 13.1. The van der Waals surface area contributed by atoms with E-state index in [1.165, 1.54) is 37.8 Å². The van der Waals surface area contributed by atoms with Crippen molar-refractivity contribution in [1.82, 2.24) is 15.2 Å². The van der Waals surface area contributed by atoms with Crippen LogP contribution in [0.5, 0.6) is 0 Å². The molecule has 2 aromatic rings. The molecule has 28 heavy (non-hydrogen) atoms. The Labute approximate surface area is 166 Å². The Morgan fingerprint density at radius 3 is 2.61 bits per heavy atom. The largest absolute Gasteiger partial charge is 0.444 e. The van der Waals surface area contributed by atoms with Gasteiger partial charge in [-0.05, 0) is 55.9 Å². The summed E-state index contributed by atoms with van der Waals surface area (Å²) in [6.07, 6.45) is 7.89.